The van der Waals surface area contributed by atoms with E-state index in [1.807, 2.05) is 0 Å². The lowest BCUT2D eigenvalue weighted by Gasteiger charge is -2.05. The van der Waals surface area contributed by atoms with Gasteiger partial charge in [-0.2, -0.15) is 0 Å². The predicted octanol–water partition coefficient (Wildman–Crippen LogP) is 1.83. The molecule has 2 N–H and O–H groups in total. The lowest BCUT2D eigenvalue weighted by Crippen LogP contribution is -2.23. The number of aromatic amines is 1. The normalized spacial score (nSPS) is 14.0. The highest BCUT2D eigenvalue weighted by atomic mass is 19.1. The number of hydrogen-bond donors (Lipinski definition) is 2. The zero-order valence-corrected chi connectivity index (χ0v) is 13.3. The number of anilines is 1. The maximum atomic E-state index is 14.1. The van der Waals surface area contributed by atoms with E-state index < -0.39 is 5.82 Å². The lowest BCUT2D eigenvalue weighted by atomic mass is 10.2. The molecule has 25 heavy (non-hydrogen) atoms. The zero-order valence-electron chi connectivity index (χ0n) is 13.3. The number of aromatic nitrogens is 4. The second kappa shape index (κ2) is 6.12. The molecule has 1 aliphatic rings. The molecule has 1 fully saturated rings. The van der Waals surface area contributed by atoms with Gasteiger partial charge in [0.2, 0.25) is 6.41 Å². The van der Waals surface area contributed by atoms with Crippen molar-refractivity contribution in [2.45, 2.75) is 25.8 Å². The predicted molar refractivity (Wildman–Crippen MR) is 89.8 cm³/mol. The van der Waals surface area contributed by atoms with Crippen LogP contribution in [0.2, 0.25) is 0 Å². The van der Waals surface area contributed by atoms with Gasteiger partial charge in [0.15, 0.2) is 5.82 Å². The van der Waals surface area contributed by atoms with Crippen LogP contribution in [0.15, 0.2) is 29.3 Å². The van der Waals surface area contributed by atoms with Crippen molar-refractivity contribution in [3.05, 3.63) is 52.2 Å². The van der Waals surface area contributed by atoms with Crippen molar-refractivity contribution in [1.29, 1.82) is 0 Å². The van der Waals surface area contributed by atoms with Crippen molar-refractivity contribution >= 4 is 23.1 Å². The number of nitrogens with one attached hydrogen (secondary N) is 2. The first-order valence-electron chi connectivity index (χ1n) is 8.07. The molecule has 1 aliphatic carbocycles. The minimum Gasteiger partial charge on any atom is -0.339 e. The molecule has 3 aromatic rings. The van der Waals surface area contributed by atoms with E-state index in [1.54, 1.807) is 12.3 Å². The molecule has 0 unspecified atom stereocenters. The maximum Gasteiger partial charge on any atom is 0.274 e. The summed E-state index contributed by atoms with van der Waals surface area (Å²) in [5.74, 6) is 0.590. The smallest absolute Gasteiger partial charge is 0.274 e. The number of nitrogens with zero attached hydrogens (tertiary/aromatic N) is 3. The highest BCUT2D eigenvalue weighted by Crippen LogP contribution is 2.33. The van der Waals surface area contributed by atoms with Gasteiger partial charge < -0.3 is 14.9 Å². The number of fused-ring (bicyclic) bond motifs is 1. The molecule has 0 aliphatic heterocycles. The van der Waals surface area contributed by atoms with Crippen LogP contribution in [0.5, 0.6) is 0 Å². The Kier molecular flexibility index (Phi) is 3.79. The van der Waals surface area contributed by atoms with Crippen molar-refractivity contribution in [2.75, 3.05) is 5.32 Å². The SMILES string of the molecule is O=CNc1cccn(Cc2nc3c(F)cnc(CC4CC4)c3[nH]2)c1=O. The molecule has 1 saturated carbocycles. The van der Waals surface area contributed by atoms with E-state index in [-0.39, 0.29) is 23.3 Å². The van der Waals surface area contributed by atoms with Gasteiger partial charge in [-0.05, 0) is 37.3 Å². The Morgan fingerprint density at radius 3 is 3.04 bits per heavy atom. The summed E-state index contributed by atoms with van der Waals surface area (Å²) in [5.41, 5.74) is 1.47. The number of rotatable bonds is 6. The van der Waals surface area contributed by atoms with Crippen molar-refractivity contribution in [2.24, 2.45) is 5.92 Å². The molecule has 8 heteroatoms. The van der Waals surface area contributed by atoms with Gasteiger partial charge in [-0.15, -0.1) is 0 Å². The monoisotopic (exact) mass is 341 g/mol. The topological polar surface area (TPSA) is 92.7 Å². The molecule has 128 valence electrons. The summed E-state index contributed by atoms with van der Waals surface area (Å²) in [6.07, 6.45) is 6.39. The summed E-state index contributed by atoms with van der Waals surface area (Å²) >= 11 is 0. The Labute approximate surface area is 141 Å². The van der Waals surface area contributed by atoms with Gasteiger partial charge >= 0.3 is 0 Å². The third-order valence-electron chi connectivity index (χ3n) is 4.34. The molecule has 4 rings (SSSR count). The fourth-order valence-corrected chi connectivity index (χ4v) is 2.89. The molecule has 0 radical (unpaired) electrons. The van der Waals surface area contributed by atoms with Crippen LogP contribution >= 0.6 is 0 Å². The summed E-state index contributed by atoms with van der Waals surface area (Å²) in [6, 6.07) is 3.17. The van der Waals surface area contributed by atoms with E-state index in [4.69, 9.17) is 0 Å². The van der Waals surface area contributed by atoms with E-state index in [0.717, 1.165) is 12.1 Å². The number of hydrogen-bond acceptors (Lipinski definition) is 4. The number of H-pyrrole nitrogens is 1. The van der Waals surface area contributed by atoms with E-state index in [2.05, 4.69) is 20.3 Å². The molecule has 0 bridgehead atoms. The second-order valence-electron chi connectivity index (χ2n) is 6.22. The molecular formula is C17H16FN5O2. The van der Waals surface area contributed by atoms with Crippen LogP contribution in [-0.2, 0) is 17.8 Å². The average Bonchev–Trinajstić information content (AvgIpc) is 3.31. The van der Waals surface area contributed by atoms with Crippen molar-refractivity contribution < 1.29 is 9.18 Å². The van der Waals surface area contributed by atoms with Crippen LogP contribution in [-0.4, -0.2) is 25.9 Å². The molecule has 0 atom stereocenters. The highest BCUT2D eigenvalue weighted by molar-refractivity contribution is 5.78. The standard InChI is InChI=1S/C17H16FN5O2/c18-11-7-19-13(6-10-3-4-10)16-15(11)21-14(22-16)8-23-5-1-2-12(17(23)25)20-9-24/h1-2,5,7,9-10H,3-4,6,8H2,(H,20,24)(H,21,22). The third kappa shape index (κ3) is 3.02. The van der Waals surface area contributed by atoms with Crippen LogP contribution in [0.4, 0.5) is 10.1 Å². The Balaban J connectivity index is 1.70. The first-order valence-corrected chi connectivity index (χ1v) is 8.07. The fraction of sp³-hybridized carbons (Fsp3) is 0.294. The number of halogens is 1. The minimum atomic E-state index is -0.485. The molecule has 0 saturated heterocycles. The van der Waals surface area contributed by atoms with Crippen LogP contribution in [0.1, 0.15) is 24.4 Å². The van der Waals surface area contributed by atoms with Crippen LogP contribution in [0.25, 0.3) is 11.0 Å². The Morgan fingerprint density at radius 2 is 2.28 bits per heavy atom. The Bertz CT molecular complexity index is 1010. The summed E-state index contributed by atoms with van der Waals surface area (Å²) in [6.45, 7) is 0.143. The first kappa shape index (κ1) is 15.5. The van der Waals surface area contributed by atoms with Crippen LogP contribution in [0.3, 0.4) is 0 Å². The number of amides is 1. The molecule has 0 spiro atoms. The fourth-order valence-electron chi connectivity index (χ4n) is 2.89. The first-order chi connectivity index (χ1) is 12.2. The van der Waals surface area contributed by atoms with E-state index in [1.165, 1.54) is 29.7 Å². The molecule has 3 aromatic heterocycles. The van der Waals surface area contributed by atoms with Gasteiger partial charge in [0.1, 0.15) is 17.0 Å². The van der Waals surface area contributed by atoms with Gasteiger partial charge in [-0.25, -0.2) is 9.37 Å². The Hall–Kier alpha value is -3.03. The van der Waals surface area contributed by atoms with E-state index in [0.29, 0.717) is 23.7 Å². The molecular weight excluding hydrogens is 325 g/mol. The van der Waals surface area contributed by atoms with Crippen LogP contribution < -0.4 is 10.9 Å². The molecule has 7 nitrogen and oxygen atoms in total. The van der Waals surface area contributed by atoms with Crippen molar-refractivity contribution in [1.82, 2.24) is 19.5 Å². The minimum absolute atomic E-state index is 0.143. The maximum absolute atomic E-state index is 14.1. The van der Waals surface area contributed by atoms with Gasteiger partial charge in [0.05, 0.1) is 24.0 Å². The zero-order chi connectivity index (χ0) is 17.4. The second-order valence-corrected chi connectivity index (χ2v) is 6.22. The largest absolute Gasteiger partial charge is 0.339 e. The van der Waals surface area contributed by atoms with Gasteiger partial charge in [-0.1, -0.05) is 0 Å². The Morgan fingerprint density at radius 1 is 1.44 bits per heavy atom. The molecule has 1 amide bonds. The van der Waals surface area contributed by atoms with E-state index >= 15 is 0 Å². The number of carbonyl (C=O) groups is 1. The summed E-state index contributed by atoms with van der Waals surface area (Å²) in [5, 5.41) is 2.36. The summed E-state index contributed by atoms with van der Waals surface area (Å²) in [7, 11) is 0. The van der Waals surface area contributed by atoms with Gasteiger partial charge in [0, 0.05) is 6.20 Å². The third-order valence-corrected chi connectivity index (χ3v) is 4.34. The number of pyridine rings is 2. The van der Waals surface area contributed by atoms with E-state index in [9.17, 15) is 14.0 Å². The number of carbonyl (C=O) groups excluding carboxylic acids is 1. The summed E-state index contributed by atoms with van der Waals surface area (Å²) in [4.78, 5) is 34.4. The number of imidazole rings is 1. The molecule has 0 aromatic carbocycles. The molecule has 3 heterocycles. The quantitative estimate of drug-likeness (QED) is 0.669. The van der Waals surface area contributed by atoms with Gasteiger partial charge in [0.25, 0.3) is 5.56 Å². The van der Waals surface area contributed by atoms with Crippen molar-refractivity contribution in [3.8, 4) is 0 Å². The van der Waals surface area contributed by atoms with Crippen LogP contribution in [0, 0.1) is 11.7 Å². The average molecular weight is 341 g/mol. The lowest BCUT2D eigenvalue weighted by molar-refractivity contribution is -0.105. The van der Waals surface area contributed by atoms with Crippen molar-refractivity contribution in [3.63, 3.8) is 0 Å². The highest BCUT2D eigenvalue weighted by Gasteiger charge is 2.24. The van der Waals surface area contributed by atoms with Gasteiger partial charge in [-0.3, -0.25) is 14.6 Å². The summed E-state index contributed by atoms with van der Waals surface area (Å²) < 4.78 is 15.5.